The molecule has 0 aromatic rings. The second-order valence-corrected chi connectivity index (χ2v) is 5.41. The molecule has 1 saturated carbocycles. The van der Waals surface area contributed by atoms with Gasteiger partial charge >= 0.3 is 0 Å². The summed E-state index contributed by atoms with van der Waals surface area (Å²) in [4.78, 5) is 16.5. The predicted octanol–water partition coefficient (Wildman–Crippen LogP) is 0.316. The lowest BCUT2D eigenvalue weighted by atomic mass is 9.97. The highest BCUT2D eigenvalue weighted by atomic mass is 16.2. The van der Waals surface area contributed by atoms with Crippen molar-refractivity contribution in [1.82, 2.24) is 9.80 Å². The number of nitriles is 1. The Morgan fingerprint density at radius 1 is 1.22 bits per heavy atom. The minimum absolute atomic E-state index is 0.139. The number of hydrogen-bond donors (Lipinski definition) is 1. The lowest BCUT2D eigenvalue weighted by Gasteiger charge is -2.38. The first-order chi connectivity index (χ1) is 8.65. The van der Waals surface area contributed by atoms with Crippen LogP contribution in [0.15, 0.2) is 0 Å². The normalized spacial score (nSPS) is 23.9. The molecule has 1 saturated heterocycles. The summed E-state index contributed by atoms with van der Waals surface area (Å²) in [6.45, 7) is 4.05. The Morgan fingerprint density at radius 2 is 1.83 bits per heavy atom. The molecule has 0 bridgehead atoms. The molecule has 5 heteroatoms. The van der Waals surface area contributed by atoms with Crippen LogP contribution in [0.1, 0.15) is 32.1 Å². The third-order valence-corrected chi connectivity index (χ3v) is 4.12. The molecule has 5 nitrogen and oxygen atoms in total. The monoisotopic (exact) mass is 250 g/mol. The van der Waals surface area contributed by atoms with Crippen molar-refractivity contribution in [2.45, 2.75) is 37.6 Å². The van der Waals surface area contributed by atoms with Gasteiger partial charge in [0.1, 0.15) is 0 Å². The molecule has 1 amide bonds. The molecule has 0 atom stereocenters. The molecule has 0 spiro atoms. The first-order valence-corrected chi connectivity index (χ1v) is 6.83. The molecule has 0 aromatic heterocycles. The van der Waals surface area contributed by atoms with Gasteiger partial charge in [-0.2, -0.15) is 5.26 Å². The van der Waals surface area contributed by atoms with Crippen LogP contribution < -0.4 is 5.73 Å². The second-order valence-electron chi connectivity index (χ2n) is 5.41. The maximum absolute atomic E-state index is 12.4. The van der Waals surface area contributed by atoms with Gasteiger partial charge < -0.3 is 10.6 Å². The van der Waals surface area contributed by atoms with Crippen LogP contribution in [0.2, 0.25) is 0 Å². The number of amides is 1. The van der Waals surface area contributed by atoms with Crippen molar-refractivity contribution in [3.05, 3.63) is 0 Å². The number of nitrogens with zero attached hydrogens (tertiary/aromatic N) is 3. The van der Waals surface area contributed by atoms with Crippen molar-refractivity contribution in [2.75, 3.05) is 32.7 Å². The molecule has 1 aliphatic heterocycles. The van der Waals surface area contributed by atoms with Gasteiger partial charge in [-0.25, -0.2) is 0 Å². The smallest absolute Gasteiger partial charge is 0.242 e. The van der Waals surface area contributed by atoms with Crippen LogP contribution in [-0.4, -0.2) is 54.0 Å². The van der Waals surface area contributed by atoms with Crippen molar-refractivity contribution in [3.63, 3.8) is 0 Å². The van der Waals surface area contributed by atoms with Crippen molar-refractivity contribution in [3.8, 4) is 6.07 Å². The molecule has 2 aliphatic rings. The lowest BCUT2D eigenvalue weighted by Crippen LogP contribution is -2.58. The van der Waals surface area contributed by atoms with Crippen molar-refractivity contribution in [1.29, 1.82) is 5.26 Å². The van der Waals surface area contributed by atoms with Gasteiger partial charge in [0.25, 0.3) is 0 Å². The molecule has 2 rings (SSSR count). The summed E-state index contributed by atoms with van der Waals surface area (Å²) in [5.74, 6) is 0.139. The van der Waals surface area contributed by atoms with Gasteiger partial charge in [-0.05, 0) is 12.8 Å². The van der Waals surface area contributed by atoms with Gasteiger partial charge in [0, 0.05) is 39.1 Å². The van der Waals surface area contributed by atoms with E-state index in [4.69, 9.17) is 11.0 Å². The van der Waals surface area contributed by atoms with Crippen LogP contribution in [0.4, 0.5) is 0 Å². The summed E-state index contributed by atoms with van der Waals surface area (Å²) in [7, 11) is 0. The molecule has 0 radical (unpaired) electrons. The molecular weight excluding hydrogens is 228 g/mol. The van der Waals surface area contributed by atoms with E-state index in [1.165, 1.54) is 0 Å². The van der Waals surface area contributed by atoms with E-state index in [-0.39, 0.29) is 5.91 Å². The number of rotatable bonds is 3. The molecule has 2 N–H and O–H groups in total. The van der Waals surface area contributed by atoms with Gasteiger partial charge in [0.05, 0.1) is 11.6 Å². The quantitative estimate of drug-likeness (QED) is 0.782. The highest BCUT2D eigenvalue weighted by Gasteiger charge is 2.40. The molecule has 2 fully saturated rings. The zero-order valence-corrected chi connectivity index (χ0v) is 10.9. The maximum atomic E-state index is 12.4. The summed E-state index contributed by atoms with van der Waals surface area (Å²) in [6, 6.07) is 2.16. The topological polar surface area (TPSA) is 73.4 Å². The Morgan fingerprint density at radius 3 is 2.39 bits per heavy atom. The largest absolute Gasteiger partial charge is 0.339 e. The van der Waals surface area contributed by atoms with E-state index in [1.54, 1.807) is 0 Å². The van der Waals surface area contributed by atoms with Crippen LogP contribution in [0.25, 0.3) is 0 Å². The molecule has 1 aliphatic carbocycles. The van der Waals surface area contributed by atoms with Crippen molar-refractivity contribution >= 4 is 5.91 Å². The van der Waals surface area contributed by atoms with E-state index < -0.39 is 5.54 Å². The fourth-order valence-electron chi connectivity index (χ4n) is 2.92. The number of hydrogen-bond acceptors (Lipinski definition) is 4. The van der Waals surface area contributed by atoms with E-state index >= 15 is 0 Å². The Labute approximate surface area is 109 Å². The number of carbonyl (C=O) groups is 1. The first kappa shape index (κ1) is 13.3. The second kappa shape index (κ2) is 5.68. The molecule has 18 heavy (non-hydrogen) atoms. The lowest BCUT2D eigenvalue weighted by molar-refractivity contribution is -0.138. The van der Waals surface area contributed by atoms with E-state index in [1.807, 2.05) is 4.90 Å². The Kier molecular flexibility index (Phi) is 4.20. The molecule has 0 aromatic carbocycles. The zero-order chi connectivity index (χ0) is 13.0. The van der Waals surface area contributed by atoms with Gasteiger partial charge in [0.15, 0.2) is 0 Å². The Balaban J connectivity index is 1.82. The molecule has 1 heterocycles. The zero-order valence-electron chi connectivity index (χ0n) is 10.9. The van der Waals surface area contributed by atoms with Crippen LogP contribution >= 0.6 is 0 Å². The van der Waals surface area contributed by atoms with Gasteiger partial charge in [-0.3, -0.25) is 9.69 Å². The molecular formula is C13H22N4O. The highest BCUT2D eigenvalue weighted by molar-refractivity contribution is 5.86. The Hall–Kier alpha value is -1.12. The van der Waals surface area contributed by atoms with Crippen LogP contribution in [-0.2, 0) is 4.79 Å². The van der Waals surface area contributed by atoms with E-state index in [2.05, 4.69) is 11.0 Å². The minimum Gasteiger partial charge on any atom is -0.339 e. The number of carbonyl (C=O) groups excluding carboxylic acids is 1. The van der Waals surface area contributed by atoms with Crippen LogP contribution in [0.3, 0.4) is 0 Å². The summed E-state index contributed by atoms with van der Waals surface area (Å²) >= 11 is 0. The maximum Gasteiger partial charge on any atom is 0.242 e. The van der Waals surface area contributed by atoms with E-state index in [0.29, 0.717) is 6.42 Å². The van der Waals surface area contributed by atoms with Gasteiger partial charge in [0.2, 0.25) is 5.91 Å². The fraction of sp³-hybridized carbons (Fsp3) is 0.846. The average molecular weight is 250 g/mol. The standard InChI is InChI=1S/C13H22N4O/c14-6-3-7-16-8-10-17(11-9-16)12(18)13(15)4-1-2-5-13/h1-5,7-11,15H2. The summed E-state index contributed by atoms with van der Waals surface area (Å²) in [5.41, 5.74) is 5.61. The summed E-state index contributed by atoms with van der Waals surface area (Å²) < 4.78 is 0. The fourth-order valence-corrected chi connectivity index (χ4v) is 2.92. The van der Waals surface area contributed by atoms with Crippen LogP contribution in [0.5, 0.6) is 0 Å². The predicted molar refractivity (Wildman–Crippen MR) is 68.6 cm³/mol. The van der Waals surface area contributed by atoms with Crippen molar-refractivity contribution < 1.29 is 4.79 Å². The number of piperazine rings is 1. The SMILES string of the molecule is N#CCCN1CCN(C(=O)C2(N)CCCC2)CC1. The molecule has 0 unspecified atom stereocenters. The van der Waals surface area contributed by atoms with Gasteiger partial charge in [-0.15, -0.1) is 0 Å². The minimum atomic E-state index is -0.588. The van der Waals surface area contributed by atoms with Crippen LogP contribution in [0, 0.1) is 11.3 Å². The molecule has 100 valence electrons. The third kappa shape index (κ3) is 2.82. The number of nitrogens with two attached hydrogens (primary N) is 1. The first-order valence-electron chi connectivity index (χ1n) is 6.83. The summed E-state index contributed by atoms with van der Waals surface area (Å²) in [5, 5.41) is 8.56. The van der Waals surface area contributed by atoms with Crippen molar-refractivity contribution in [2.24, 2.45) is 5.73 Å². The Bertz CT molecular complexity index is 335. The third-order valence-electron chi connectivity index (χ3n) is 4.12. The highest BCUT2D eigenvalue weighted by Crippen LogP contribution is 2.29. The average Bonchev–Trinajstić information content (AvgIpc) is 2.84. The van der Waals surface area contributed by atoms with E-state index in [9.17, 15) is 4.79 Å². The summed E-state index contributed by atoms with van der Waals surface area (Å²) in [6.07, 6.45) is 4.38. The van der Waals surface area contributed by atoms with E-state index in [0.717, 1.165) is 58.4 Å². The van der Waals surface area contributed by atoms with Gasteiger partial charge in [-0.1, -0.05) is 12.8 Å².